The Morgan fingerprint density at radius 1 is 1.32 bits per heavy atom. The lowest BCUT2D eigenvalue weighted by Crippen LogP contribution is -2.46. The van der Waals surface area contributed by atoms with Crippen LogP contribution < -0.4 is 9.62 Å². The molecule has 3 heterocycles. The average Bonchev–Trinajstić information content (AvgIpc) is 2.46. The third-order valence-electron chi connectivity index (χ3n) is 3.75. The van der Waals surface area contributed by atoms with E-state index in [-0.39, 0.29) is 6.04 Å². The minimum atomic E-state index is -3.40. The Morgan fingerprint density at radius 2 is 2.05 bits per heavy atom. The Balaban J connectivity index is 2.07. The van der Waals surface area contributed by atoms with E-state index in [0.29, 0.717) is 16.5 Å². The van der Waals surface area contributed by atoms with E-state index in [9.17, 15) is 8.42 Å². The number of rotatable bonds is 3. The number of nitrogens with zero attached hydrogens (tertiary/aromatic N) is 3. The molecule has 2 aromatic heterocycles. The molecule has 1 aliphatic rings. The topological polar surface area (TPSA) is 75.2 Å². The van der Waals surface area contributed by atoms with Crippen molar-refractivity contribution in [3.8, 4) is 0 Å². The van der Waals surface area contributed by atoms with Gasteiger partial charge in [0.15, 0.2) is 0 Å². The number of piperidine rings is 1. The summed E-state index contributed by atoms with van der Waals surface area (Å²) in [5.74, 6) is 0.434. The monoisotopic (exact) mass is 340 g/mol. The standard InChI is InChI=1S/C14H17ClN4O2S/c1-22(20,21)19(11-4-6-16-7-5-11)14-3-2-10-9-17-13(15)8-12(10)18-14/h2-3,8-9,11,16H,4-7H2,1H3. The SMILES string of the molecule is CS(=O)(=O)N(c1ccc2cnc(Cl)cc2n1)C1CCNCC1. The van der Waals surface area contributed by atoms with Gasteiger partial charge in [0.2, 0.25) is 10.0 Å². The Kier molecular flexibility index (Phi) is 4.20. The number of nitrogens with one attached hydrogen (secondary N) is 1. The van der Waals surface area contributed by atoms with E-state index in [1.807, 2.05) is 6.07 Å². The second-order valence-corrected chi connectivity index (χ2v) is 7.66. The van der Waals surface area contributed by atoms with E-state index >= 15 is 0 Å². The van der Waals surface area contributed by atoms with Crippen LogP contribution in [0.3, 0.4) is 0 Å². The van der Waals surface area contributed by atoms with E-state index in [0.717, 1.165) is 31.3 Å². The first-order chi connectivity index (χ1) is 10.4. The molecule has 118 valence electrons. The number of hydrogen-bond donors (Lipinski definition) is 1. The van der Waals surface area contributed by atoms with E-state index in [1.165, 1.54) is 10.6 Å². The van der Waals surface area contributed by atoms with Crippen molar-refractivity contribution in [2.45, 2.75) is 18.9 Å². The van der Waals surface area contributed by atoms with Gasteiger partial charge >= 0.3 is 0 Å². The summed E-state index contributed by atoms with van der Waals surface area (Å²) in [6.45, 7) is 1.61. The van der Waals surface area contributed by atoms with Crippen molar-refractivity contribution >= 4 is 38.3 Å². The van der Waals surface area contributed by atoms with Gasteiger partial charge < -0.3 is 5.32 Å². The Bertz CT molecular complexity index is 791. The van der Waals surface area contributed by atoms with E-state index < -0.39 is 10.0 Å². The number of hydrogen-bond acceptors (Lipinski definition) is 5. The van der Waals surface area contributed by atoms with Crippen LogP contribution in [0.1, 0.15) is 12.8 Å². The van der Waals surface area contributed by atoms with Gasteiger partial charge in [-0.2, -0.15) is 0 Å². The van der Waals surface area contributed by atoms with E-state index in [2.05, 4.69) is 15.3 Å². The van der Waals surface area contributed by atoms with Crippen molar-refractivity contribution in [1.82, 2.24) is 15.3 Å². The molecule has 1 fully saturated rings. The van der Waals surface area contributed by atoms with Crippen LogP contribution in [-0.4, -0.2) is 43.8 Å². The summed E-state index contributed by atoms with van der Waals surface area (Å²) in [6, 6.07) is 5.11. The first-order valence-electron chi connectivity index (χ1n) is 7.07. The summed E-state index contributed by atoms with van der Waals surface area (Å²) >= 11 is 5.90. The molecule has 1 saturated heterocycles. The molecule has 0 radical (unpaired) electrons. The van der Waals surface area contributed by atoms with Crippen molar-refractivity contribution in [3.05, 3.63) is 29.5 Å². The molecule has 0 spiro atoms. The predicted molar refractivity (Wildman–Crippen MR) is 87.8 cm³/mol. The van der Waals surface area contributed by atoms with Crippen LogP contribution in [0.4, 0.5) is 5.82 Å². The molecule has 1 N–H and O–H groups in total. The zero-order valence-electron chi connectivity index (χ0n) is 12.2. The zero-order valence-corrected chi connectivity index (χ0v) is 13.7. The van der Waals surface area contributed by atoms with Crippen molar-refractivity contribution in [3.63, 3.8) is 0 Å². The number of sulfonamides is 1. The molecular formula is C14H17ClN4O2S. The maximum Gasteiger partial charge on any atom is 0.233 e. The number of pyridine rings is 2. The van der Waals surface area contributed by atoms with Crippen LogP contribution in [0, 0.1) is 0 Å². The maximum atomic E-state index is 12.3. The highest BCUT2D eigenvalue weighted by molar-refractivity contribution is 7.92. The molecule has 0 saturated carbocycles. The molecule has 0 aromatic carbocycles. The van der Waals surface area contributed by atoms with Crippen LogP contribution in [0.25, 0.3) is 10.9 Å². The quantitative estimate of drug-likeness (QED) is 0.862. The summed E-state index contributed by atoms with van der Waals surface area (Å²) in [5, 5.41) is 4.41. The smallest absolute Gasteiger partial charge is 0.233 e. The second-order valence-electron chi connectivity index (χ2n) is 5.41. The first kappa shape index (κ1) is 15.5. The van der Waals surface area contributed by atoms with Crippen LogP contribution >= 0.6 is 11.6 Å². The van der Waals surface area contributed by atoms with Gasteiger partial charge in [-0.05, 0) is 38.1 Å². The number of halogens is 1. The Hall–Kier alpha value is -1.44. The molecule has 0 amide bonds. The van der Waals surface area contributed by atoms with Gasteiger partial charge in [0.1, 0.15) is 11.0 Å². The summed E-state index contributed by atoms with van der Waals surface area (Å²) < 4.78 is 26.0. The molecule has 0 bridgehead atoms. The first-order valence-corrected chi connectivity index (χ1v) is 9.30. The van der Waals surface area contributed by atoms with Crippen molar-refractivity contribution in [2.75, 3.05) is 23.7 Å². The summed E-state index contributed by atoms with van der Waals surface area (Å²) in [6.07, 6.45) is 4.39. The third kappa shape index (κ3) is 3.16. The normalized spacial score (nSPS) is 16.8. The lowest BCUT2D eigenvalue weighted by Gasteiger charge is -2.33. The summed E-state index contributed by atoms with van der Waals surface area (Å²) in [5.41, 5.74) is 0.639. The van der Waals surface area contributed by atoms with Crippen LogP contribution in [0.2, 0.25) is 5.15 Å². The fraction of sp³-hybridized carbons (Fsp3) is 0.429. The average molecular weight is 341 g/mol. The lowest BCUT2D eigenvalue weighted by atomic mass is 10.1. The number of fused-ring (bicyclic) bond motifs is 1. The van der Waals surface area contributed by atoms with Gasteiger partial charge in [-0.25, -0.2) is 18.4 Å². The zero-order chi connectivity index (χ0) is 15.7. The van der Waals surface area contributed by atoms with Crippen LogP contribution in [0.15, 0.2) is 24.4 Å². The van der Waals surface area contributed by atoms with Gasteiger partial charge in [0, 0.05) is 23.7 Å². The number of aromatic nitrogens is 2. The highest BCUT2D eigenvalue weighted by Crippen LogP contribution is 2.26. The minimum Gasteiger partial charge on any atom is -0.317 e. The van der Waals surface area contributed by atoms with Gasteiger partial charge in [-0.15, -0.1) is 0 Å². The van der Waals surface area contributed by atoms with Gasteiger partial charge in [0.25, 0.3) is 0 Å². The van der Waals surface area contributed by atoms with E-state index in [4.69, 9.17) is 11.6 Å². The largest absolute Gasteiger partial charge is 0.317 e. The maximum absolute atomic E-state index is 12.3. The van der Waals surface area contributed by atoms with Crippen LogP contribution in [-0.2, 0) is 10.0 Å². The molecule has 3 rings (SSSR count). The highest BCUT2D eigenvalue weighted by Gasteiger charge is 2.29. The summed E-state index contributed by atoms with van der Waals surface area (Å²) in [7, 11) is -3.40. The molecule has 0 atom stereocenters. The molecular weight excluding hydrogens is 324 g/mol. The highest BCUT2D eigenvalue weighted by atomic mass is 35.5. The van der Waals surface area contributed by atoms with Crippen molar-refractivity contribution in [2.24, 2.45) is 0 Å². The molecule has 0 unspecified atom stereocenters. The van der Waals surface area contributed by atoms with Gasteiger partial charge in [-0.3, -0.25) is 4.31 Å². The van der Waals surface area contributed by atoms with E-state index in [1.54, 1.807) is 18.3 Å². The molecule has 0 aliphatic carbocycles. The Labute approximate surface area is 134 Å². The Morgan fingerprint density at radius 3 is 2.73 bits per heavy atom. The molecule has 8 heteroatoms. The fourth-order valence-electron chi connectivity index (χ4n) is 2.77. The van der Waals surface area contributed by atoms with Crippen LogP contribution in [0.5, 0.6) is 0 Å². The third-order valence-corrected chi connectivity index (χ3v) is 5.16. The lowest BCUT2D eigenvalue weighted by molar-refractivity contribution is 0.453. The van der Waals surface area contributed by atoms with Gasteiger partial charge in [-0.1, -0.05) is 11.6 Å². The van der Waals surface area contributed by atoms with Crippen molar-refractivity contribution in [1.29, 1.82) is 0 Å². The molecule has 22 heavy (non-hydrogen) atoms. The van der Waals surface area contributed by atoms with Gasteiger partial charge in [0.05, 0.1) is 11.8 Å². The fourth-order valence-corrected chi connectivity index (χ4v) is 4.12. The second kappa shape index (κ2) is 5.98. The number of anilines is 1. The minimum absolute atomic E-state index is 0.0708. The van der Waals surface area contributed by atoms with Crippen molar-refractivity contribution < 1.29 is 8.42 Å². The predicted octanol–water partition coefficient (Wildman–Crippen LogP) is 1.80. The molecule has 1 aliphatic heterocycles. The molecule has 6 nitrogen and oxygen atoms in total. The summed E-state index contributed by atoms with van der Waals surface area (Å²) in [4.78, 5) is 8.49. The molecule has 2 aromatic rings.